The first-order chi connectivity index (χ1) is 19.6. The number of benzene rings is 2. The topological polar surface area (TPSA) is 120 Å². The number of fused-ring (bicyclic) bond motifs is 7. The van der Waals surface area contributed by atoms with Crippen LogP contribution in [0.15, 0.2) is 60.8 Å². The highest BCUT2D eigenvalue weighted by Crippen LogP contribution is 2.27. The molecule has 4 unspecified atom stereocenters. The van der Waals surface area contributed by atoms with Crippen LogP contribution in [0.1, 0.15) is 31.4 Å². The fraction of sp³-hybridized carbons (Fsp3) is 0.419. The number of carbonyl (C=O) groups excluding carboxylic acids is 4. The van der Waals surface area contributed by atoms with E-state index < -0.39 is 30.1 Å². The highest BCUT2D eigenvalue weighted by molar-refractivity contribution is 5.95. The summed E-state index contributed by atoms with van der Waals surface area (Å²) >= 11 is 0. The van der Waals surface area contributed by atoms with Crippen LogP contribution in [0, 0.1) is 5.92 Å². The smallest absolute Gasteiger partial charge is 0.247 e. The molecule has 3 aliphatic rings. The van der Waals surface area contributed by atoms with Crippen molar-refractivity contribution in [1.82, 2.24) is 25.8 Å². The lowest BCUT2D eigenvalue weighted by Gasteiger charge is -2.33. The monoisotopic (exact) mass is 561 g/mol. The number of hydrogen-bond acceptors (Lipinski definition) is 6. The summed E-state index contributed by atoms with van der Waals surface area (Å²) in [6.07, 6.45) is 3.35. The Balaban J connectivity index is 1.66. The molecule has 0 radical (unpaired) electrons. The largest absolute Gasteiger partial charge is 0.488 e. The van der Waals surface area contributed by atoms with Gasteiger partial charge in [0.25, 0.3) is 0 Å². The summed E-state index contributed by atoms with van der Waals surface area (Å²) in [5, 5.41) is 8.53. The molecule has 4 amide bonds. The first kappa shape index (κ1) is 29.8. The number of amides is 4. The van der Waals surface area contributed by atoms with Crippen molar-refractivity contribution in [3.8, 4) is 5.75 Å². The van der Waals surface area contributed by atoms with Gasteiger partial charge in [-0.15, -0.1) is 0 Å². The standard InChI is InChI=1S/C31H39N5O5/c1-20(2)27(34-26(37)19-35(3)4)31(40)36-17-15-25-28(36)30(39)33-24(18-22-8-6-5-7-9-22)29(38)32-16-14-21-10-12-23(41-25)13-11-21/h5-14,16,20,24-25,27-28H,15,17-19H2,1-4H3,(H,32,38)(H,33,39)(H,34,37)/b16-14-. The van der Waals surface area contributed by atoms with Crippen LogP contribution in [-0.2, 0) is 25.6 Å². The minimum Gasteiger partial charge on any atom is -0.488 e. The van der Waals surface area contributed by atoms with Gasteiger partial charge in [-0.2, -0.15) is 0 Å². The summed E-state index contributed by atoms with van der Waals surface area (Å²) < 4.78 is 6.27. The molecule has 4 atom stereocenters. The number of likely N-dealkylation sites (tertiary alicyclic amines) is 1. The number of nitrogens with one attached hydrogen (secondary N) is 3. The molecule has 0 spiro atoms. The van der Waals surface area contributed by atoms with Gasteiger partial charge in [0, 0.05) is 25.6 Å². The van der Waals surface area contributed by atoms with Crippen LogP contribution in [0.4, 0.5) is 0 Å². The normalized spacial score (nSPS) is 22.3. The SMILES string of the molecule is CC(C)C(NC(=O)CN(C)C)C(=O)N1CCC2Oc3ccc(cc3)/C=C\NC(=O)C(Cc3ccccc3)NC(=O)C21. The second-order valence-electron chi connectivity index (χ2n) is 11.1. The lowest BCUT2D eigenvalue weighted by Crippen LogP contribution is -2.60. The lowest BCUT2D eigenvalue weighted by molar-refractivity contribution is -0.144. The van der Waals surface area contributed by atoms with Crippen LogP contribution in [0.3, 0.4) is 0 Å². The van der Waals surface area contributed by atoms with Crippen molar-refractivity contribution >= 4 is 29.7 Å². The highest BCUT2D eigenvalue weighted by Gasteiger charge is 2.46. The molecule has 0 aromatic heterocycles. The van der Waals surface area contributed by atoms with Crippen LogP contribution in [0.5, 0.6) is 5.75 Å². The molecule has 0 aliphatic carbocycles. The molecule has 10 heteroatoms. The van der Waals surface area contributed by atoms with E-state index in [9.17, 15) is 19.2 Å². The zero-order valence-corrected chi connectivity index (χ0v) is 24.0. The van der Waals surface area contributed by atoms with Crippen molar-refractivity contribution in [2.45, 2.75) is 50.9 Å². The first-order valence-corrected chi connectivity index (χ1v) is 13.9. The predicted molar refractivity (Wildman–Crippen MR) is 156 cm³/mol. The second kappa shape index (κ2) is 13.5. The van der Waals surface area contributed by atoms with Gasteiger partial charge in [-0.25, -0.2) is 0 Å². The van der Waals surface area contributed by atoms with E-state index in [-0.39, 0.29) is 43.1 Å². The minimum absolute atomic E-state index is 0.132. The van der Waals surface area contributed by atoms with Crippen molar-refractivity contribution in [3.05, 3.63) is 71.9 Å². The van der Waals surface area contributed by atoms with Crippen LogP contribution < -0.4 is 20.7 Å². The summed E-state index contributed by atoms with van der Waals surface area (Å²) in [6, 6.07) is 14.0. The molecule has 5 rings (SSSR count). The van der Waals surface area contributed by atoms with E-state index in [1.54, 1.807) is 43.4 Å². The van der Waals surface area contributed by atoms with E-state index in [2.05, 4.69) is 16.0 Å². The summed E-state index contributed by atoms with van der Waals surface area (Å²) in [6.45, 7) is 4.10. The Kier molecular flexibility index (Phi) is 9.78. The Morgan fingerprint density at radius 2 is 1.76 bits per heavy atom. The van der Waals surface area contributed by atoms with Crippen molar-refractivity contribution in [2.24, 2.45) is 5.92 Å². The Hall–Kier alpha value is -4.18. The maximum absolute atomic E-state index is 14.0. The average Bonchev–Trinajstić information content (AvgIpc) is 3.35. The fourth-order valence-electron chi connectivity index (χ4n) is 5.11. The van der Waals surface area contributed by atoms with Crippen molar-refractivity contribution < 1.29 is 23.9 Å². The minimum atomic E-state index is -1.00. The van der Waals surface area contributed by atoms with Crippen LogP contribution in [0.2, 0.25) is 0 Å². The van der Waals surface area contributed by atoms with Gasteiger partial charge in [-0.3, -0.25) is 19.2 Å². The molecule has 218 valence electrons. The third kappa shape index (κ3) is 7.73. The van der Waals surface area contributed by atoms with Crippen LogP contribution in [0.25, 0.3) is 6.08 Å². The molecular formula is C31H39N5O5. The number of nitrogens with zero attached hydrogens (tertiary/aromatic N) is 2. The maximum Gasteiger partial charge on any atom is 0.247 e. The van der Waals surface area contributed by atoms with Gasteiger partial charge in [0.1, 0.15) is 30.0 Å². The molecule has 3 aliphatic heterocycles. The van der Waals surface area contributed by atoms with E-state index in [0.29, 0.717) is 12.2 Å². The zero-order chi connectivity index (χ0) is 29.5. The number of carbonyl (C=O) groups is 4. The quantitative estimate of drug-likeness (QED) is 0.472. The van der Waals surface area contributed by atoms with Gasteiger partial charge in [0.05, 0.1) is 6.54 Å². The lowest BCUT2D eigenvalue weighted by atomic mass is 10.0. The van der Waals surface area contributed by atoms with E-state index in [1.807, 2.05) is 56.3 Å². The summed E-state index contributed by atoms with van der Waals surface area (Å²) in [5.41, 5.74) is 1.75. The maximum atomic E-state index is 14.0. The summed E-state index contributed by atoms with van der Waals surface area (Å²) in [4.78, 5) is 56.9. The van der Waals surface area contributed by atoms with E-state index in [1.165, 1.54) is 4.90 Å². The average molecular weight is 562 g/mol. The second-order valence-corrected chi connectivity index (χ2v) is 11.1. The molecule has 10 nitrogen and oxygen atoms in total. The molecule has 1 saturated heterocycles. The van der Waals surface area contributed by atoms with Crippen LogP contribution in [-0.4, -0.2) is 84.8 Å². The van der Waals surface area contributed by atoms with Gasteiger partial charge in [0.15, 0.2) is 0 Å². The Morgan fingerprint density at radius 3 is 2.41 bits per heavy atom. The number of likely N-dealkylation sites (N-methyl/N-ethyl adjacent to an activating group) is 1. The Labute approximate surface area is 241 Å². The molecule has 1 fully saturated rings. The van der Waals surface area contributed by atoms with Crippen molar-refractivity contribution in [2.75, 3.05) is 27.2 Å². The van der Waals surface area contributed by atoms with Crippen LogP contribution >= 0.6 is 0 Å². The summed E-state index contributed by atoms with van der Waals surface area (Å²) in [5.74, 6) is -1.15. The third-order valence-corrected chi connectivity index (χ3v) is 7.19. The molecule has 3 N–H and O–H groups in total. The molecular weight excluding hydrogens is 522 g/mol. The number of hydrogen-bond donors (Lipinski definition) is 3. The van der Waals surface area contributed by atoms with Crippen molar-refractivity contribution in [1.29, 1.82) is 0 Å². The first-order valence-electron chi connectivity index (χ1n) is 13.9. The Bertz CT molecular complexity index is 1260. The Morgan fingerprint density at radius 1 is 1.05 bits per heavy atom. The van der Waals surface area contributed by atoms with E-state index in [4.69, 9.17) is 4.74 Å². The molecule has 41 heavy (non-hydrogen) atoms. The fourth-order valence-corrected chi connectivity index (χ4v) is 5.11. The number of rotatable bonds is 7. The van der Waals surface area contributed by atoms with E-state index >= 15 is 0 Å². The molecule has 3 heterocycles. The van der Waals surface area contributed by atoms with Gasteiger partial charge in [-0.05, 0) is 49.3 Å². The zero-order valence-electron chi connectivity index (χ0n) is 24.0. The van der Waals surface area contributed by atoms with E-state index in [0.717, 1.165) is 11.1 Å². The predicted octanol–water partition coefficient (Wildman–Crippen LogP) is 1.57. The van der Waals surface area contributed by atoms with Gasteiger partial charge >= 0.3 is 0 Å². The summed E-state index contributed by atoms with van der Waals surface area (Å²) in [7, 11) is 3.55. The number of ether oxygens (including phenoxy) is 1. The molecule has 0 saturated carbocycles. The van der Waals surface area contributed by atoms with Gasteiger partial charge in [0.2, 0.25) is 23.6 Å². The molecule has 2 aromatic rings. The van der Waals surface area contributed by atoms with Gasteiger partial charge in [-0.1, -0.05) is 56.3 Å². The molecule has 2 aromatic carbocycles. The van der Waals surface area contributed by atoms with Gasteiger partial charge < -0.3 is 30.5 Å². The third-order valence-electron chi connectivity index (χ3n) is 7.19. The highest BCUT2D eigenvalue weighted by atomic mass is 16.5. The van der Waals surface area contributed by atoms with Crippen molar-refractivity contribution in [3.63, 3.8) is 0 Å². The molecule has 2 bridgehead atoms.